The molecule has 3 rings (SSSR count). The Labute approximate surface area is 160 Å². The fourth-order valence-corrected chi connectivity index (χ4v) is 3.64. The lowest BCUT2D eigenvalue weighted by atomic mass is 10.0. The number of benzene rings is 1. The van der Waals surface area contributed by atoms with Gasteiger partial charge >= 0.3 is 0 Å². The van der Waals surface area contributed by atoms with Gasteiger partial charge in [-0.3, -0.25) is 9.69 Å². The summed E-state index contributed by atoms with van der Waals surface area (Å²) in [6.07, 6.45) is 10.6. The van der Waals surface area contributed by atoms with Gasteiger partial charge in [0.25, 0.3) is 0 Å². The normalized spacial score (nSPS) is 16.3. The van der Waals surface area contributed by atoms with Gasteiger partial charge in [0.2, 0.25) is 5.91 Å². The summed E-state index contributed by atoms with van der Waals surface area (Å²) in [5.74, 6) is 0.112. The molecule has 1 aliphatic rings. The summed E-state index contributed by atoms with van der Waals surface area (Å²) in [4.78, 5) is 18.8. The zero-order valence-electron chi connectivity index (χ0n) is 15.1. The van der Waals surface area contributed by atoms with Crippen molar-refractivity contribution in [2.24, 2.45) is 0 Å². The van der Waals surface area contributed by atoms with Crippen LogP contribution in [0, 0.1) is 0 Å². The number of hydrogen-bond donors (Lipinski definition) is 1. The highest BCUT2D eigenvalue weighted by molar-refractivity contribution is 6.30. The fourth-order valence-electron chi connectivity index (χ4n) is 3.51. The Hall–Kier alpha value is -1.85. The van der Waals surface area contributed by atoms with E-state index >= 15 is 0 Å². The molecular formula is C20H27ClN4O. The first-order valence-corrected chi connectivity index (χ1v) is 9.82. The first kappa shape index (κ1) is 18.9. The van der Waals surface area contributed by atoms with Crippen LogP contribution in [0.25, 0.3) is 0 Å². The monoisotopic (exact) mass is 374 g/mol. The fraction of sp³-hybridized carbons (Fsp3) is 0.500. The number of hydrogen-bond acceptors (Lipinski definition) is 3. The van der Waals surface area contributed by atoms with Gasteiger partial charge in [-0.15, -0.1) is 0 Å². The molecule has 1 aliphatic heterocycles. The van der Waals surface area contributed by atoms with E-state index in [4.69, 9.17) is 11.6 Å². The third kappa shape index (κ3) is 5.58. The minimum absolute atomic E-state index is 0.112. The molecule has 0 spiro atoms. The van der Waals surface area contributed by atoms with E-state index in [9.17, 15) is 4.79 Å². The number of carbonyl (C=O) groups excluding carboxylic acids is 1. The van der Waals surface area contributed by atoms with Gasteiger partial charge in [0.05, 0.1) is 12.4 Å². The van der Waals surface area contributed by atoms with Crippen LogP contribution < -0.4 is 5.32 Å². The van der Waals surface area contributed by atoms with Gasteiger partial charge in [0.1, 0.15) is 0 Å². The Kier molecular flexibility index (Phi) is 7.09. The molecular weight excluding hydrogens is 348 g/mol. The van der Waals surface area contributed by atoms with Gasteiger partial charge in [-0.05, 0) is 50.0 Å². The van der Waals surface area contributed by atoms with Gasteiger partial charge < -0.3 is 9.88 Å². The zero-order valence-corrected chi connectivity index (χ0v) is 15.9. The molecule has 26 heavy (non-hydrogen) atoms. The molecule has 2 aromatic rings. The number of rotatable bonds is 8. The van der Waals surface area contributed by atoms with Gasteiger partial charge in [0, 0.05) is 36.9 Å². The summed E-state index contributed by atoms with van der Waals surface area (Å²) < 4.78 is 2.00. The molecule has 0 saturated carbocycles. The average Bonchev–Trinajstić information content (AvgIpc) is 3.18. The van der Waals surface area contributed by atoms with Crippen molar-refractivity contribution < 1.29 is 4.79 Å². The van der Waals surface area contributed by atoms with Gasteiger partial charge in [-0.25, -0.2) is 4.98 Å². The topological polar surface area (TPSA) is 50.2 Å². The number of aryl methyl sites for hydroxylation is 1. The van der Waals surface area contributed by atoms with Crippen molar-refractivity contribution in [1.82, 2.24) is 19.8 Å². The summed E-state index contributed by atoms with van der Waals surface area (Å²) in [6, 6.07) is 8.23. The largest absolute Gasteiger partial charge is 0.354 e. The Bertz CT molecular complexity index is 666. The van der Waals surface area contributed by atoms with Crippen molar-refractivity contribution in [3.63, 3.8) is 0 Å². The second-order valence-electron chi connectivity index (χ2n) is 6.87. The van der Waals surface area contributed by atoms with Crippen molar-refractivity contribution in [3.05, 3.63) is 53.6 Å². The number of halogens is 1. The predicted octanol–water partition coefficient (Wildman–Crippen LogP) is 3.66. The molecule has 140 valence electrons. The SMILES string of the molecule is O=C(CCCn1ccnc1)NC[C@H](c1ccc(Cl)cc1)N1CCCCC1. The van der Waals surface area contributed by atoms with Crippen LogP contribution in [0.15, 0.2) is 43.0 Å². The predicted molar refractivity (Wildman–Crippen MR) is 104 cm³/mol. The molecule has 0 radical (unpaired) electrons. The summed E-state index contributed by atoms with van der Waals surface area (Å²) in [5.41, 5.74) is 1.22. The smallest absolute Gasteiger partial charge is 0.220 e. The quantitative estimate of drug-likeness (QED) is 0.767. The zero-order chi connectivity index (χ0) is 18.2. The number of imidazole rings is 1. The molecule has 1 aromatic carbocycles. The van der Waals surface area contributed by atoms with E-state index in [0.29, 0.717) is 13.0 Å². The van der Waals surface area contributed by atoms with Crippen LogP contribution in [0.4, 0.5) is 0 Å². The first-order valence-electron chi connectivity index (χ1n) is 9.44. The highest BCUT2D eigenvalue weighted by atomic mass is 35.5. The van der Waals surface area contributed by atoms with Crippen molar-refractivity contribution >= 4 is 17.5 Å². The first-order chi connectivity index (χ1) is 12.7. The lowest BCUT2D eigenvalue weighted by Gasteiger charge is -2.35. The molecule has 1 N–H and O–H groups in total. The molecule has 0 aliphatic carbocycles. The lowest BCUT2D eigenvalue weighted by molar-refractivity contribution is -0.121. The maximum atomic E-state index is 12.3. The van der Waals surface area contributed by atoms with E-state index in [1.54, 1.807) is 12.5 Å². The molecule has 5 nitrogen and oxygen atoms in total. The Morgan fingerprint density at radius 2 is 1.96 bits per heavy atom. The van der Waals surface area contributed by atoms with Crippen LogP contribution >= 0.6 is 11.6 Å². The van der Waals surface area contributed by atoms with Crippen LogP contribution in [-0.2, 0) is 11.3 Å². The average molecular weight is 375 g/mol. The van der Waals surface area contributed by atoms with Crippen LogP contribution in [0.5, 0.6) is 0 Å². The molecule has 0 bridgehead atoms. The number of amides is 1. The molecule has 1 fully saturated rings. The number of nitrogens with zero attached hydrogens (tertiary/aromatic N) is 3. The number of carbonyl (C=O) groups is 1. The second kappa shape index (κ2) is 9.74. The second-order valence-corrected chi connectivity index (χ2v) is 7.31. The maximum Gasteiger partial charge on any atom is 0.220 e. The molecule has 2 heterocycles. The van der Waals surface area contributed by atoms with Crippen LogP contribution in [0.3, 0.4) is 0 Å². The summed E-state index contributed by atoms with van der Waals surface area (Å²) >= 11 is 6.04. The van der Waals surface area contributed by atoms with E-state index in [1.165, 1.54) is 24.8 Å². The third-order valence-corrected chi connectivity index (χ3v) is 5.21. The highest BCUT2D eigenvalue weighted by Gasteiger charge is 2.22. The molecule has 1 atom stereocenters. The van der Waals surface area contributed by atoms with E-state index < -0.39 is 0 Å². The van der Waals surface area contributed by atoms with Crippen molar-refractivity contribution in [2.75, 3.05) is 19.6 Å². The van der Waals surface area contributed by atoms with Gasteiger partial charge in [-0.1, -0.05) is 30.2 Å². The molecule has 1 aromatic heterocycles. The van der Waals surface area contributed by atoms with Crippen molar-refractivity contribution in [2.45, 2.75) is 44.7 Å². The lowest BCUT2D eigenvalue weighted by Crippen LogP contribution is -2.40. The maximum absolute atomic E-state index is 12.3. The van der Waals surface area contributed by atoms with Gasteiger partial charge in [0.15, 0.2) is 0 Å². The highest BCUT2D eigenvalue weighted by Crippen LogP contribution is 2.25. The summed E-state index contributed by atoms with van der Waals surface area (Å²) in [7, 11) is 0. The van der Waals surface area contributed by atoms with E-state index in [2.05, 4.69) is 27.3 Å². The molecule has 6 heteroatoms. The van der Waals surface area contributed by atoms with Crippen LogP contribution in [0.1, 0.15) is 43.7 Å². The van der Waals surface area contributed by atoms with Gasteiger partial charge in [-0.2, -0.15) is 0 Å². The Balaban J connectivity index is 1.53. The van der Waals surface area contributed by atoms with E-state index in [-0.39, 0.29) is 11.9 Å². The number of aromatic nitrogens is 2. The molecule has 0 unspecified atom stereocenters. The van der Waals surface area contributed by atoms with Crippen LogP contribution in [0.2, 0.25) is 5.02 Å². The minimum atomic E-state index is 0.112. The van der Waals surface area contributed by atoms with Crippen molar-refractivity contribution in [3.8, 4) is 0 Å². The molecule has 1 amide bonds. The number of piperidine rings is 1. The van der Waals surface area contributed by atoms with Crippen molar-refractivity contribution in [1.29, 1.82) is 0 Å². The number of likely N-dealkylation sites (tertiary alicyclic amines) is 1. The van der Waals surface area contributed by atoms with E-state index in [0.717, 1.165) is 31.1 Å². The molecule has 1 saturated heterocycles. The van der Waals surface area contributed by atoms with Crippen LogP contribution in [-0.4, -0.2) is 40.0 Å². The summed E-state index contributed by atoms with van der Waals surface area (Å²) in [5, 5.41) is 3.88. The Morgan fingerprint density at radius 3 is 2.65 bits per heavy atom. The Morgan fingerprint density at radius 1 is 1.19 bits per heavy atom. The minimum Gasteiger partial charge on any atom is -0.354 e. The number of nitrogens with one attached hydrogen (secondary N) is 1. The summed E-state index contributed by atoms with van der Waals surface area (Å²) in [6.45, 7) is 3.64. The van der Waals surface area contributed by atoms with E-state index in [1.807, 2.05) is 22.9 Å². The standard InChI is InChI=1S/C20H27ClN4O/c21-18-8-6-17(7-9-18)19(25-12-2-1-3-13-25)15-23-20(26)5-4-11-24-14-10-22-16-24/h6-10,14,16,19H,1-5,11-13,15H2,(H,23,26)/t19-/m1/s1. The third-order valence-electron chi connectivity index (χ3n) is 4.96.